The van der Waals surface area contributed by atoms with Gasteiger partial charge in [0, 0.05) is 12.6 Å². The van der Waals surface area contributed by atoms with Crippen LogP contribution in [-0.2, 0) is 26.2 Å². The van der Waals surface area contributed by atoms with Gasteiger partial charge in [0.1, 0.15) is 24.1 Å². The van der Waals surface area contributed by atoms with E-state index in [-0.39, 0.29) is 34.1 Å². The number of hydrogen-bond donors (Lipinski definition) is 1. The van der Waals surface area contributed by atoms with Gasteiger partial charge in [0.2, 0.25) is 11.8 Å². The van der Waals surface area contributed by atoms with E-state index in [1.165, 1.54) is 30.2 Å². The summed E-state index contributed by atoms with van der Waals surface area (Å²) in [5.74, 6) is 0.179. The number of nitrogens with zero attached hydrogens (tertiary/aromatic N) is 2. The molecule has 1 saturated carbocycles. The molecule has 0 unspecified atom stereocenters. The van der Waals surface area contributed by atoms with Gasteiger partial charge in [-0.25, -0.2) is 8.42 Å². The minimum absolute atomic E-state index is 0.0215. The van der Waals surface area contributed by atoms with Crippen molar-refractivity contribution in [3.05, 3.63) is 82.9 Å². The predicted octanol–water partition coefficient (Wildman–Crippen LogP) is 5.73. The second kappa shape index (κ2) is 14.8. The van der Waals surface area contributed by atoms with E-state index < -0.39 is 28.5 Å². The number of hydrogen-bond acceptors (Lipinski definition) is 6. The maximum Gasteiger partial charge on any atom is 0.264 e. The molecule has 2 amide bonds. The molecule has 9 nitrogen and oxygen atoms in total. The Morgan fingerprint density at radius 3 is 2.32 bits per heavy atom. The molecule has 3 aromatic carbocycles. The summed E-state index contributed by atoms with van der Waals surface area (Å²) in [6.07, 6.45) is 4.22. The van der Waals surface area contributed by atoms with Crippen molar-refractivity contribution in [2.24, 2.45) is 0 Å². The number of anilines is 1. The Kier molecular flexibility index (Phi) is 11.2. The lowest BCUT2D eigenvalue weighted by Crippen LogP contribution is -2.53. The SMILES string of the molecule is CC[C@@H](C(=O)NC1CCCC1)N(Cc1cccc(OC)c1)C(=O)CN(c1ccc(OC)c(Cl)c1)S(=O)(=O)c1ccc(C)cc1. The summed E-state index contributed by atoms with van der Waals surface area (Å²) in [5, 5.41) is 3.31. The summed E-state index contributed by atoms with van der Waals surface area (Å²) >= 11 is 6.41. The first-order valence-electron chi connectivity index (χ1n) is 14.7. The first kappa shape index (κ1) is 33.1. The van der Waals surface area contributed by atoms with Crippen molar-refractivity contribution < 1.29 is 27.5 Å². The van der Waals surface area contributed by atoms with Crippen molar-refractivity contribution in [3.8, 4) is 11.5 Å². The molecular weight excluding hydrogens is 602 g/mol. The lowest BCUT2D eigenvalue weighted by molar-refractivity contribution is -0.140. The average Bonchev–Trinajstić information content (AvgIpc) is 3.52. The van der Waals surface area contributed by atoms with Gasteiger partial charge in [-0.15, -0.1) is 0 Å². The second-order valence-electron chi connectivity index (χ2n) is 10.9. The number of carbonyl (C=O) groups excluding carboxylic acids is 2. The Morgan fingerprint density at radius 2 is 1.70 bits per heavy atom. The predicted molar refractivity (Wildman–Crippen MR) is 172 cm³/mol. The summed E-state index contributed by atoms with van der Waals surface area (Å²) in [4.78, 5) is 29.4. The quantitative estimate of drug-likeness (QED) is 0.256. The Bertz CT molecular complexity index is 1560. The van der Waals surface area contributed by atoms with Gasteiger partial charge >= 0.3 is 0 Å². The molecule has 1 atom stereocenters. The average molecular weight is 642 g/mol. The van der Waals surface area contributed by atoms with Crippen molar-refractivity contribution in [1.82, 2.24) is 10.2 Å². The van der Waals surface area contributed by atoms with E-state index in [4.69, 9.17) is 21.1 Å². The van der Waals surface area contributed by atoms with Crippen LogP contribution >= 0.6 is 11.6 Å². The number of nitrogens with one attached hydrogen (secondary N) is 1. The van der Waals surface area contributed by atoms with E-state index in [9.17, 15) is 18.0 Å². The molecule has 1 fully saturated rings. The fourth-order valence-electron chi connectivity index (χ4n) is 5.43. The Labute approximate surface area is 265 Å². The molecule has 44 heavy (non-hydrogen) atoms. The smallest absolute Gasteiger partial charge is 0.264 e. The van der Waals surface area contributed by atoms with Crippen LogP contribution in [-0.4, -0.2) is 58.0 Å². The lowest BCUT2D eigenvalue weighted by Gasteiger charge is -2.34. The van der Waals surface area contributed by atoms with Crippen LogP contribution in [0.1, 0.15) is 50.2 Å². The zero-order valence-corrected chi connectivity index (χ0v) is 27.2. The molecule has 4 rings (SSSR count). The molecule has 0 saturated heterocycles. The highest BCUT2D eigenvalue weighted by molar-refractivity contribution is 7.92. The maximum absolute atomic E-state index is 14.3. The standard InChI is InChI=1S/C33H40ClN3O6S/c1-5-30(33(39)35-25-10-6-7-11-25)36(21-24-9-8-12-27(19-24)42-3)32(38)22-37(26-15-18-31(43-4)29(34)20-26)44(40,41)28-16-13-23(2)14-17-28/h8-9,12-20,25,30H,5-7,10-11,21-22H2,1-4H3,(H,35,39)/t30-/m0/s1. The molecular formula is C33H40ClN3O6S. The molecule has 3 aromatic rings. The number of aryl methyl sites for hydroxylation is 1. The molecule has 0 aliphatic heterocycles. The van der Waals surface area contributed by atoms with Crippen molar-refractivity contribution in [1.29, 1.82) is 0 Å². The second-order valence-corrected chi connectivity index (χ2v) is 13.2. The van der Waals surface area contributed by atoms with Crippen LogP contribution in [0.2, 0.25) is 5.02 Å². The largest absolute Gasteiger partial charge is 0.497 e. The van der Waals surface area contributed by atoms with Crippen molar-refractivity contribution in [2.45, 2.75) is 69.5 Å². The monoisotopic (exact) mass is 641 g/mol. The van der Waals surface area contributed by atoms with Crippen molar-refractivity contribution >= 4 is 39.1 Å². The Balaban J connectivity index is 1.75. The van der Waals surface area contributed by atoms with E-state index in [1.807, 2.05) is 26.0 Å². The van der Waals surface area contributed by atoms with E-state index in [1.54, 1.807) is 43.5 Å². The third-order valence-corrected chi connectivity index (χ3v) is 9.97. The van der Waals surface area contributed by atoms with Crippen LogP contribution < -0.4 is 19.1 Å². The van der Waals surface area contributed by atoms with Crippen LogP contribution in [0, 0.1) is 6.92 Å². The van der Waals surface area contributed by atoms with Gasteiger partial charge in [0.05, 0.1) is 29.8 Å². The molecule has 0 heterocycles. The molecule has 0 bridgehead atoms. The Hall–Kier alpha value is -3.76. The van der Waals surface area contributed by atoms with E-state index in [0.717, 1.165) is 41.1 Å². The van der Waals surface area contributed by atoms with Gasteiger partial charge in [-0.05, 0) is 74.2 Å². The number of methoxy groups -OCH3 is 2. The number of sulfonamides is 1. The van der Waals surface area contributed by atoms with Gasteiger partial charge in [-0.2, -0.15) is 0 Å². The first-order valence-corrected chi connectivity index (χ1v) is 16.5. The van der Waals surface area contributed by atoms with Crippen LogP contribution in [0.15, 0.2) is 71.6 Å². The highest BCUT2D eigenvalue weighted by Gasteiger charge is 2.35. The van der Waals surface area contributed by atoms with E-state index in [2.05, 4.69) is 5.32 Å². The summed E-state index contributed by atoms with van der Waals surface area (Å²) in [7, 11) is -1.21. The molecule has 0 radical (unpaired) electrons. The number of halogens is 1. The van der Waals surface area contributed by atoms with Crippen LogP contribution in [0.3, 0.4) is 0 Å². The highest BCUT2D eigenvalue weighted by atomic mass is 35.5. The van der Waals surface area contributed by atoms with Gasteiger partial charge in [0.15, 0.2) is 0 Å². The van der Waals surface area contributed by atoms with E-state index in [0.29, 0.717) is 17.9 Å². The molecule has 1 aliphatic rings. The third-order valence-electron chi connectivity index (χ3n) is 7.89. The zero-order valence-electron chi connectivity index (χ0n) is 25.6. The number of amides is 2. The van der Waals surface area contributed by atoms with Crippen LogP contribution in [0.5, 0.6) is 11.5 Å². The van der Waals surface area contributed by atoms with Crippen LogP contribution in [0.4, 0.5) is 5.69 Å². The topological polar surface area (TPSA) is 105 Å². The molecule has 0 spiro atoms. The molecule has 236 valence electrons. The summed E-state index contributed by atoms with van der Waals surface area (Å²) in [6.45, 7) is 3.22. The molecule has 1 N–H and O–H groups in total. The third kappa shape index (κ3) is 7.84. The Morgan fingerprint density at radius 1 is 1.00 bits per heavy atom. The molecule has 0 aromatic heterocycles. The van der Waals surface area contributed by atoms with Gasteiger partial charge in [0.25, 0.3) is 10.0 Å². The fourth-order valence-corrected chi connectivity index (χ4v) is 7.09. The highest BCUT2D eigenvalue weighted by Crippen LogP contribution is 2.32. The van der Waals surface area contributed by atoms with Gasteiger partial charge in [-0.3, -0.25) is 13.9 Å². The lowest BCUT2D eigenvalue weighted by atomic mass is 10.1. The maximum atomic E-state index is 14.3. The summed E-state index contributed by atoms with van der Waals surface area (Å²) in [6, 6.07) is 17.4. The fraction of sp³-hybridized carbons (Fsp3) is 0.394. The number of carbonyl (C=O) groups is 2. The normalized spacial score (nSPS) is 14.1. The van der Waals surface area contributed by atoms with Crippen molar-refractivity contribution in [2.75, 3.05) is 25.1 Å². The minimum Gasteiger partial charge on any atom is -0.497 e. The van der Waals surface area contributed by atoms with E-state index >= 15 is 0 Å². The number of benzene rings is 3. The molecule has 1 aliphatic carbocycles. The molecule has 11 heteroatoms. The van der Waals surface area contributed by atoms with Gasteiger partial charge in [-0.1, -0.05) is 61.2 Å². The number of ether oxygens (including phenoxy) is 2. The zero-order chi connectivity index (χ0) is 31.9. The summed E-state index contributed by atoms with van der Waals surface area (Å²) in [5.41, 5.74) is 1.82. The van der Waals surface area contributed by atoms with Crippen LogP contribution in [0.25, 0.3) is 0 Å². The first-order chi connectivity index (χ1) is 21.1. The van der Waals surface area contributed by atoms with Crippen molar-refractivity contribution in [3.63, 3.8) is 0 Å². The number of rotatable bonds is 13. The van der Waals surface area contributed by atoms with Gasteiger partial charge < -0.3 is 19.7 Å². The minimum atomic E-state index is -4.22. The summed E-state index contributed by atoms with van der Waals surface area (Å²) < 4.78 is 39.9.